The van der Waals surface area contributed by atoms with E-state index in [1.54, 1.807) is 44.2 Å². The second-order valence-corrected chi connectivity index (χ2v) is 8.84. The van der Waals surface area contributed by atoms with Gasteiger partial charge in [0, 0.05) is 5.70 Å². The van der Waals surface area contributed by atoms with Crippen molar-refractivity contribution in [3.05, 3.63) is 72.8 Å². The van der Waals surface area contributed by atoms with Gasteiger partial charge in [0.1, 0.15) is 6.04 Å². The lowest BCUT2D eigenvalue weighted by molar-refractivity contribution is -0.138. The molecule has 9 nitrogen and oxygen atoms in total. The van der Waals surface area contributed by atoms with Gasteiger partial charge in [-0.2, -0.15) is 0 Å². The van der Waals surface area contributed by atoms with Gasteiger partial charge in [0.15, 0.2) is 27.8 Å². The molecule has 3 aromatic rings. The summed E-state index contributed by atoms with van der Waals surface area (Å²) in [6.45, 7) is 3.76. The van der Waals surface area contributed by atoms with Crippen molar-refractivity contribution in [2.45, 2.75) is 19.9 Å². The van der Waals surface area contributed by atoms with Crippen LogP contribution in [-0.2, 0) is 9.53 Å². The van der Waals surface area contributed by atoms with Crippen molar-refractivity contribution in [3.63, 3.8) is 0 Å². The van der Waals surface area contributed by atoms with Crippen LogP contribution in [0.25, 0.3) is 11.8 Å². The summed E-state index contributed by atoms with van der Waals surface area (Å²) < 4.78 is 23.2. The van der Waals surface area contributed by atoms with E-state index in [1.165, 1.54) is 29.1 Å². The van der Waals surface area contributed by atoms with Gasteiger partial charge in [0.2, 0.25) is 6.79 Å². The Bertz CT molecular complexity index is 1550. The number of esters is 1. The molecule has 0 spiro atoms. The Hall–Kier alpha value is -4.05. The number of carbonyl (C=O) groups excluding carboxylic acids is 1. The highest BCUT2D eigenvalue weighted by Crippen LogP contribution is 2.39. The van der Waals surface area contributed by atoms with Crippen molar-refractivity contribution in [1.82, 2.24) is 4.57 Å². The molecule has 2 aliphatic rings. The molecule has 2 aromatic carbocycles. The maximum Gasteiger partial charge on any atom is 0.338 e. The van der Waals surface area contributed by atoms with Crippen molar-refractivity contribution >= 4 is 29.1 Å². The maximum absolute atomic E-state index is 13.4. The van der Waals surface area contributed by atoms with Gasteiger partial charge in [-0.3, -0.25) is 9.36 Å². The maximum atomic E-state index is 13.4. The summed E-state index contributed by atoms with van der Waals surface area (Å²) in [6, 6.07) is 9.53. The number of phenols is 1. The molecule has 1 atom stereocenters. The summed E-state index contributed by atoms with van der Waals surface area (Å²) in [6.07, 6.45) is 1.70. The number of hydrogen-bond donors (Lipinski definition) is 1. The molecular formula is C25H22N2O7S. The van der Waals surface area contributed by atoms with Crippen LogP contribution in [0.15, 0.2) is 51.8 Å². The number of benzene rings is 2. The van der Waals surface area contributed by atoms with E-state index >= 15 is 0 Å². The molecule has 0 radical (unpaired) electrons. The molecule has 1 aromatic heterocycles. The highest BCUT2D eigenvalue weighted by atomic mass is 32.1. The van der Waals surface area contributed by atoms with E-state index in [4.69, 9.17) is 23.9 Å². The van der Waals surface area contributed by atoms with Crippen molar-refractivity contribution in [1.29, 1.82) is 0 Å². The first-order valence-corrected chi connectivity index (χ1v) is 11.7. The number of phenolic OH excluding ortho intramolecular Hbond substituents is 1. The Labute approximate surface area is 203 Å². The molecular weight excluding hydrogens is 472 g/mol. The summed E-state index contributed by atoms with van der Waals surface area (Å²) in [5.41, 5.74) is 1.84. The van der Waals surface area contributed by atoms with Gasteiger partial charge in [-0.25, -0.2) is 9.79 Å². The number of hydrogen-bond acceptors (Lipinski definition) is 9. The number of aromatic nitrogens is 1. The molecule has 180 valence electrons. The Morgan fingerprint density at radius 3 is 2.83 bits per heavy atom. The first-order valence-electron chi connectivity index (χ1n) is 10.9. The fraction of sp³-hybridized carbons (Fsp3) is 0.240. The summed E-state index contributed by atoms with van der Waals surface area (Å²) in [4.78, 5) is 31.6. The number of ether oxygens (including phenoxy) is 4. The third kappa shape index (κ3) is 3.95. The number of carbonyl (C=O) groups is 1. The molecule has 5 rings (SSSR count). The van der Waals surface area contributed by atoms with Crippen LogP contribution in [-0.4, -0.2) is 36.2 Å². The standard InChI is InChI=1S/C25H22N2O7S/c1-4-32-24(30)21-13(2)27-23(29)20(10-14-5-7-16(28)18(9-14)31-3)35-25(27)26-22(21)15-6-8-17-19(11-15)34-12-33-17/h5-11,22,28H,4,12H2,1-3H3/b20-10-/t22-/m0/s1. The number of rotatable bonds is 5. The molecule has 0 saturated carbocycles. The molecule has 3 heterocycles. The monoisotopic (exact) mass is 494 g/mol. The minimum Gasteiger partial charge on any atom is -0.504 e. The molecule has 0 amide bonds. The SMILES string of the molecule is CCOC(=O)C1=C(C)n2c(s/c(=C\c3ccc(O)c(OC)c3)c2=O)=N[C@H]1c1ccc2c(c1)OCO2. The van der Waals surface area contributed by atoms with Gasteiger partial charge in [0.25, 0.3) is 5.56 Å². The zero-order valence-corrected chi connectivity index (χ0v) is 20.0. The van der Waals surface area contributed by atoms with E-state index in [2.05, 4.69) is 0 Å². The number of nitrogens with zero attached hydrogens (tertiary/aromatic N) is 2. The zero-order valence-electron chi connectivity index (χ0n) is 19.2. The van der Waals surface area contributed by atoms with Crippen LogP contribution < -0.4 is 29.1 Å². The average molecular weight is 495 g/mol. The molecule has 0 saturated heterocycles. The lowest BCUT2D eigenvalue weighted by Crippen LogP contribution is -2.35. The summed E-state index contributed by atoms with van der Waals surface area (Å²) >= 11 is 1.21. The molecule has 0 aliphatic carbocycles. The van der Waals surface area contributed by atoms with Crippen LogP contribution >= 0.6 is 11.3 Å². The van der Waals surface area contributed by atoms with Crippen LogP contribution in [0.2, 0.25) is 0 Å². The zero-order chi connectivity index (χ0) is 24.7. The second kappa shape index (κ2) is 8.95. The van der Waals surface area contributed by atoms with E-state index in [0.29, 0.717) is 37.8 Å². The fourth-order valence-electron chi connectivity index (χ4n) is 4.08. The van der Waals surface area contributed by atoms with Crippen LogP contribution in [0.1, 0.15) is 31.0 Å². The Kier molecular flexibility index (Phi) is 5.81. The van der Waals surface area contributed by atoms with Crippen molar-refractivity contribution in [2.24, 2.45) is 4.99 Å². The Balaban J connectivity index is 1.69. The highest BCUT2D eigenvalue weighted by molar-refractivity contribution is 7.07. The van der Waals surface area contributed by atoms with E-state index < -0.39 is 12.0 Å². The lowest BCUT2D eigenvalue weighted by atomic mass is 9.96. The second-order valence-electron chi connectivity index (χ2n) is 7.83. The predicted molar refractivity (Wildman–Crippen MR) is 128 cm³/mol. The first-order chi connectivity index (χ1) is 16.9. The predicted octanol–water partition coefficient (Wildman–Crippen LogP) is 2.35. The molecule has 0 unspecified atom stereocenters. The smallest absolute Gasteiger partial charge is 0.338 e. The van der Waals surface area contributed by atoms with Gasteiger partial charge in [0.05, 0.1) is 23.8 Å². The lowest BCUT2D eigenvalue weighted by Gasteiger charge is -2.22. The van der Waals surface area contributed by atoms with Gasteiger partial charge >= 0.3 is 5.97 Å². The molecule has 0 bridgehead atoms. The average Bonchev–Trinajstić information content (AvgIpc) is 3.44. The molecule has 2 aliphatic heterocycles. The largest absolute Gasteiger partial charge is 0.504 e. The van der Waals surface area contributed by atoms with Crippen LogP contribution in [0.5, 0.6) is 23.0 Å². The van der Waals surface area contributed by atoms with E-state index in [0.717, 1.165) is 5.56 Å². The van der Waals surface area contributed by atoms with Crippen molar-refractivity contribution in [2.75, 3.05) is 20.5 Å². The summed E-state index contributed by atoms with van der Waals surface area (Å²) in [5.74, 6) is 0.967. The third-order valence-electron chi connectivity index (χ3n) is 5.75. The number of aromatic hydroxyl groups is 1. The van der Waals surface area contributed by atoms with Crippen molar-refractivity contribution < 1.29 is 28.8 Å². The molecule has 1 N–H and O–H groups in total. The van der Waals surface area contributed by atoms with Gasteiger partial charge in [-0.15, -0.1) is 0 Å². The molecule has 35 heavy (non-hydrogen) atoms. The first kappa shape index (κ1) is 22.7. The number of methoxy groups -OCH3 is 1. The van der Waals surface area contributed by atoms with E-state index in [9.17, 15) is 14.7 Å². The van der Waals surface area contributed by atoms with Crippen LogP contribution in [0.3, 0.4) is 0 Å². The molecule has 10 heteroatoms. The summed E-state index contributed by atoms with van der Waals surface area (Å²) in [5, 5.41) is 9.86. The van der Waals surface area contributed by atoms with Gasteiger partial charge in [-0.1, -0.05) is 23.5 Å². The fourth-order valence-corrected chi connectivity index (χ4v) is 5.12. The summed E-state index contributed by atoms with van der Waals surface area (Å²) in [7, 11) is 1.46. The number of allylic oxidation sites excluding steroid dienone is 1. The third-order valence-corrected chi connectivity index (χ3v) is 6.74. The van der Waals surface area contributed by atoms with Crippen molar-refractivity contribution in [3.8, 4) is 23.0 Å². The van der Waals surface area contributed by atoms with E-state index in [-0.39, 0.29) is 30.3 Å². The number of fused-ring (bicyclic) bond motifs is 2. The van der Waals surface area contributed by atoms with Crippen LogP contribution in [0.4, 0.5) is 0 Å². The van der Waals surface area contributed by atoms with Gasteiger partial charge < -0.3 is 24.1 Å². The van der Waals surface area contributed by atoms with Crippen LogP contribution in [0, 0.1) is 0 Å². The Morgan fingerprint density at radius 1 is 1.26 bits per heavy atom. The minimum absolute atomic E-state index is 0.00581. The highest BCUT2D eigenvalue weighted by Gasteiger charge is 2.32. The molecule has 0 fully saturated rings. The Morgan fingerprint density at radius 2 is 2.06 bits per heavy atom. The van der Waals surface area contributed by atoms with Gasteiger partial charge in [-0.05, 0) is 55.3 Å². The topological polar surface area (TPSA) is 109 Å². The number of thiazole rings is 1. The quantitative estimate of drug-likeness (QED) is 0.543. The normalized spacial score (nSPS) is 16.7. The van der Waals surface area contributed by atoms with E-state index in [1.807, 2.05) is 6.07 Å². The minimum atomic E-state index is -0.678.